The molecule has 1 atom stereocenters. The lowest BCUT2D eigenvalue weighted by molar-refractivity contribution is -0.141. The number of ether oxygens (including phenoxy) is 1. The van der Waals surface area contributed by atoms with E-state index in [1.54, 1.807) is 0 Å². The van der Waals surface area contributed by atoms with Crippen molar-refractivity contribution < 1.29 is 44.6 Å². The van der Waals surface area contributed by atoms with Crippen LogP contribution in [0, 0.1) is 0 Å². The quantitative estimate of drug-likeness (QED) is 0.413. The highest BCUT2D eigenvalue weighted by Gasteiger charge is 2.37. The van der Waals surface area contributed by atoms with E-state index in [4.69, 9.17) is 9.84 Å². The van der Waals surface area contributed by atoms with Crippen molar-refractivity contribution in [2.24, 2.45) is 0 Å². The SMILES string of the molecule is O=S(=O)(c1cccc(C(F)(F)F)c1)N1C[C@H](CCCO)Oc2ccc(-c3cccc(C(F)(F)F)n3)cc21. The molecular formula is C24H20F6N2O4S. The molecule has 1 aliphatic heterocycles. The van der Waals surface area contributed by atoms with Crippen molar-refractivity contribution >= 4 is 15.7 Å². The number of rotatable bonds is 6. The zero-order valence-electron chi connectivity index (χ0n) is 18.9. The van der Waals surface area contributed by atoms with E-state index in [1.807, 2.05) is 0 Å². The first-order valence-electron chi connectivity index (χ1n) is 11.0. The van der Waals surface area contributed by atoms with Crippen molar-refractivity contribution in [1.29, 1.82) is 0 Å². The first kappa shape index (κ1) is 26.7. The van der Waals surface area contributed by atoms with Crippen LogP contribution in [0.1, 0.15) is 24.1 Å². The molecule has 0 saturated carbocycles. The molecule has 0 spiro atoms. The van der Waals surface area contributed by atoms with Crippen molar-refractivity contribution in [3.63, 3.8) is 0 Å². The standard InChI is InChI=1S/C24H20F6N2O4S/c25-23(26,27)16-4-1-6-18(13-16)37(34,35)32-14-17(5-3-11-33)36-21-10-9-15(12-20(21)32)19-7-2-8-22(31-19)24(28,29)30/h1-2,4,6-10,12-13,17,33H,3,5,11,14H2/t17-/m0/s1. The highest BCUT2D eigenvalue weighted by Crippen LogP contribution is 2.41. The van der Waals surface area contributed by atoms with Gasteiger partial charge in [0.2, 0.25) is 0 Å². The summed E-state index contributed by atoms with van der Waals surface area (Å²) in [5.41, 5.74) is -2.30. The van der Waals surface area contributed by atoms with Gasteiger partial charge >= 0.3 is 12.4 Å². The fourth-order valence-electron chi connectivity index (χ4n) is 3.88. The number of nitrogens with zero attached hydrogens (tertiary/aromatic N) is 2. The Morgan fingerprint density at radius 3 is 2.38 bits per heavy atom. The minimum absolute atomic E-state index is 0.0608. The van der Waals surface area contributed by atoms with Gasteiger partial charge in [0.25, 0.3) is 10.0 Å². The molecule has 0 bridgehead atoms. The number of halogens is 6. The van der Waals surface area contributed by atoms with Gasteiger partial charge in [-0.3, -0.25) is 4.31 Å². The van der Waals surface area contributed by atoms with Crippen LogP contribution in [0.15, 0.2) is 65.6 Å². The lowest BCUT2D eigenvalue weighted by atomic mass is 10.1. The fraction of sp³-hybridized carbons (Fsp3) is 0.292. The Hall–Kier alpha value is -3.32. The number of fused-ring (bicyclic) bond motifs is 1. The van der Waals surface area contributed by atoms with Crippen LogP contribution in [-0.2, 0) is 22.4 Å². The maximum atomic E-state index is 13.6. The van der Waals surface area contributed by atoms with Crippen molar-refractivity contribution in [2.75, 3.05) is 17.5 Å². The van der Waals surface area contributed by atoms with E-state index in [0.717, 1.165) is 34.6 Å². The van der Waals surface area contributed by atoms with Crippen molar-refractivity contribution in [2.45, 2.75) is 36.2 Å². The first-order chi connectivity index (χ1) is 17.3. The molecular weight excluding hydrogens is 526 g/mol. The number of pyridine rings is 1. The van der Waals surface area contributed by atoms with Gasteiger partial charge in [0, 0.05) is 12.2 Å². The normalized spacial score (nSPS) is 16.3. The molecule has 0 unspecified atom stereocenters. The van der Waals surface area contributed by atoms with E-state index in [1.165, 1.54) is 24.3 Å². The largest absolute Gasteiger partial charge is 0.486 e. The smallest absolute Gasteiger partial charge is 0.433 e. The molecule has 0 amide bonds. The lowest BCUT2D eigenvalue weighted by Crippen LogP contribution is -2.43. The number of aromatic nitrogens is 1. The van der Waals surface area contributed by atoms with Crippen LogP contribution in [0.25, 0.3) is 11.3 Å². The molecule has 1 N–H and O–H groups in total. The van der Waals surface area contributed by atoms with Gasteiger partial charge in [-0.25, -0.2) is 13.4 Å². The molecule has 13 heteroatoms. The summed E-state index contributed by atoms with van der Waals surface area (Å²) < 4.78 is 113. The zero-order valence-corrected chi connectivity index (χ0v) is 19.7. The van der Waals surface area contributed by atoms with E-state index in [2.05, 4.69) is 4.98 Å². The van der Waals surface area contributed by atoms with Gasteiger partial charge in [-0.1, -0.05) is 12.1 Å². The molecule has 6 nitrogen and oxygen atoms in total. The molecule has 2 aromatic carbocycles. The number of aliphatic hydroxyl groups excluding tert-OH is 1. The fourth-order valence-corrected chi connectivity index (χ4v) is 5.43. The van der Waals surface area contributed by atoms with Crippen LogP contribution in [0.4, 0.5) is 32.0 Å². The molecule has 198 valence electrons. The second kappa shape index (κ2) is 9.86. The number of benzene rings is 2. The highest BCUT2D eigenvalue weighted by molar-refractivity contribution is 7.92. The van der Waals surface area contributed by atoms with Crippen molar-refractivity contribution in [3.8, 4) is 17.0 Å². The number of hydrogen-bond acceptors (Lipinski definition) is 5. The number of aliphatic hydroxyl groups is 1. The monoisotopic (exact) mass is 546 g/mol. The van der Waals surface area contributed by atoms with Gasteiger partial charge in [0.05, 0.1) is 28.4 Å². The Balaban J connectivity index is 1.82. The number of alkyl halides is 6. The summed E-state index contributed by atoms with van der Waals surface area (Å²) in [6, 6.07) is 10.6. The van der Waals surface area contributed by atoms with E-state index >= 15 is 0 Å². The zero-order chi connectivity index (χ0) is 27.0. The third-order valence-corrected chi connectivity index (χ3v) is 7.44. The summed E-state index contributed by atoms with van der Waals surface area (Å²) in [4.78, 5) is 3.00. The predicted molar refractivity (Wildman–Crippen MR) is 121 cm³/mol. The molecule has 0 fully saturated rings. The molecule has 1 aromatic heterocycles. The maximum Gasteiger partial charge on any atom is 0.433 e. The molecule has 2 heterocycles. The third kappa shape index (κ3) is 5.67. The Kier molecular flexibility index (Phi) is 7.12. The molecule has 37 heavy (non-hydrogen) atoms. The number of hydrogen-bond donors (Lipinski definition) is 1. The van der Waals surface area contributed by atoms with Crippen LogP contribution in [-0.4, -0.2) is 37.8 Å². The lowest BCUT2D eigenvalue weighted by Gasteiger charge is -2.36. The molecule has 0 radical (unpaired) electrons. The van der Waals surface area contributed by atoms with E-state index in [-0.39, 0.29) is 48.7 Å². The molecule has 0 aliphatic carbocycles. The van der Waals surface area contributed by atoms with E-state index < -0.39 is 44.6 Å². The first-order valence-corrected chi connectivity index (χ1v) is 12.4. The van der Waals surface area contributed by atoms with Crippen LogP contribution >= 0.6 is 0 Å². The van der Waals surface area contributed by atoms with Crippen molar-refractivity contribution in [3.05, 3.63) is 71.9 Å². The molecule has 0 saturated heterocycles. The topological polar surface area (TPSA) is 79.7 Å². The Morgan fingerprint density at radius 1 is 0.973 bits per heavy atom. The van der Waals surface area contributed by atoms with Crippen molar-refractivity contribution in [1.82, 2.24) is 4.98 Å². The summed E-state index contributed by atoms with van der Waals surface area (Å²) in [7, 11) is -4.56. The highest BCUT2D eigenvalue weighted by atomic mass is 32.2. The summed E-state index contributed by atoms with van der Waals surface area (Å²) in [5, 5.41) is 9.16. The summed E-state index contributed by atoms with van der Waals surface area (Å²) in [6.45, 7) is -0.474. The summed E-state index contributed by atoms with van der Waals surface area (Å²) in [6.07, 6.45) is -9.67. The van der Waals surface area contributed by atoms with E-state index in [9.17, 15) is 34.8 Å². The van der Waals surface area contributed by atoms with Gasteiger partial charge in [-0.05, 0) is 61.4 Å². The summed E-state index contributed by atoms with van der Waals surface area (Å²) in [5.74, 6) is 0.0699. The second-order valence-corrected chi connectivity index (χ2v) is 10.1. The number of sulfonamides is 1. The van der Waals surface area contributed by atoms with Crippen LogP contribution in [0.2, 0.25) is 0 Å². The molecule has 1 aliphatic rings. The molecule has 4 rings (SSSR count). The maximum absolute atomic E-state index is 13.6. The minimum Gasteiger partial charge on any atom is -0.486 e. The minimum atomic E-state index is -4.78. The summed E-state index contributed by atoms with van der Waals surface area (Å²) >= 11 is 0. The third-order valence-electron chi connectivity index (χ3n) is 5.66. The second-order valence-electron chi connectivity index (χ2n) is 8.26. The van der Waals surface area contributed by atoms with Gasteiger partial charge in [-0.15, -0.1) is 0 Å². The Bertz CT molecular complexity index is 1390. The van der Waals surface area contributed by atoms with E-state index in [0.29, 0.717) is 6.07 Å². The number of anilines is 1. The van der Waals surface area contributed by atoms with Crippen LogP contribution in [0.5, 0.6) is 5.75 Å². The van der Waals surface area contributed by atoms with Gasteiger partial charge in [0.15, 0.2) is 0 Å². The Morgan fingerprint density at radius 2 is 1.70 bits per heavy atom. The van der Waals surface area contributed by atoms with Crippen LogP contribution in [0.3, 0.4) is 0 Å². The average molecular weight is 546 g/mol. The van der Waals surface area contributed by atoms with Gasteiger partial charge in [-0.2, -0.15) is 26.3 Å². The predicted octanol–water partition coefficient (Wildman–Crippen LogP) is 5.52. The average Bonchev–Trinajstić information content (AvgIpc) is 2.85. The van der Waals surface area contributed by atoms with Gasteiger partial charge < -0.3 is 9.84 Å². The van der Waals surface area contributed by atoms with Gasteiger partial charge in [0.1, 0.15) is 17.5 Å². The van der Waals surface area contributed by atoms with Crippen LogP contribution < -0.4 is 9.04 Å². The Labute approximate surface area is 208 Å². The molecule has 3 aromatic rings.